The Kier molecular flexibility index (Phi) is 10.7. The van der Waals surface area contributed by atoms with Crippen molar-refractivity contribution < 1.29 is 33.8 Å². The van der Waals surface area contributed by atoms with Gasteiger partial charge in [-0.05, 0) is 97.2 Å². The average Bonchev–Trinajstić information content (AvgIpc) is 3.61. The van der Waals surface area contributed by atoms with Crippen molar-refractivity contribution in [3.8, 4) is 5.75 Å². The fourth-order valence-electron chi connectivity index (χ4n) is 6.67. The van der Waals surface area contributed by atoms with Gasteiger partial charge in [0.2, 0.25) is 11.8 Å². The van der Waals surface area contributed by atoms with Crippen molar-refractivity contribution in [1.29, 1.82) is 0 Å². The second-order valence-electron chi connectivity index (χ2n) is 12.8. The van der Waals surface area contributed by atoms with Gasteiger partial charge < -0.3 is 20.5 Å². The molecular weight excluding hydrogens is 651 g/mol. The molecule has 0 heterocycles. The molecule has 2 amide bonds. The second-order valence-corrected chi connectivity index (χ2v) is 14.1. The number of ketones is 2. The molecule has 0 bridgehead atoms. The number of benzene rings is 1. The van der Waals surface area contributed by atoms with Gasteiger partial charge >= 0.3 is 5.97 Å². The molecule has 42 heavy (non-hydrogen) atoms. The molecule has 3 saturated carbocycles. The highest BCUT2D eigenvalue weighted by Gasteiger charge is 2.54. The van der Waals surface area contributed by atoms with Crippen molar-refractivity contribution in [1.82, 2.24) is 10.6 Å². The number of aliphatic carboxylic acids is 1. The highest BCUT2D eigenvalue weighted by molar-refractivity contribution is 14.1. The average molecular weight is 695 g/mol. The molecule has 10 heteroatoms. The first-order valence-corrected chi connectivity index (χ1v) is 16.3. The van der Waals surface area contributed by atoms with Crippen molar-refractivity contribution in [2.24, 2.45) is 29.1 Å². The lowest BCUT2D eigenvalue weighted by atomic mass is 9.79. The van der Waals surface area contributed by atoms with Crippen LogP contribution < -0.4 is 15.4 Å². The molecule has 9 nitrogen and oxygen atoms in total. The van der Waals surface area contributed by atoms with Gasteiger partial charge in [0, 0.05) is 28.8 Å². The molecule has 1 aromatic carbocycles. The minimum absolute atomic E-state index is 0.00355. The number of nitrogens with one attached hydrogen (secondary N) is 2. The normalized spacial score (nSPS) is 24.8. The molecule has 4 rings (SSSR count). The van der Waals surface area contributed by atoms with Crippen LogP contribution in [0.2, 0.25) is 0 Å². The monoisotopic (exact) mass is 694 g/mol. The number of rotatable bonds is 13. The Morgan fingerprint density at radius 2 is 1.60 bits per heavy atom. The summed E-state index contributed by atoms with van der Waals surface area (Å²) in [5.74, 6) is -3.12. The third-order valence-electron chi connectivity index (χ3n) is 9.27. The number of carbonyl (C=O) groups is 5. The first-order chi connectivity index (χ1) is 19.9. The van der Waals surface area contributed by atoms with E-state index in [0.717, 1.165) is 35.7 Å². The van der Waals surface area contributed by atoms with Crippen molar-refractivity contribution in [3.05, 3.63) is 27.8 Å². The largest absolute Gasteiger partial charge is 0.490 e. The molecule has 0 spiro atoms. The number of amides is 2. The Morgan fingerprint density at radius 3 is 2.14 bits per heavy atom. The minimum atomic E-state index is -1.03. The number of carboxylic acids is 1. The third kappa shape index (κ3) is 7.90. The van der Waals surface area contributed by atoms with Gasteiger partial charge in [0.15, 0.2) is 5.78 Å². The lowest BCUT2D eigenvalue weighted by molar-refractivity contribution is -0.146. The molecule has 0 aliphatic heterocycles. The summed E-state index contributed by atoms with van der Waals surface area (Å²) in [4.78, 5) is 65.2. The fraction of sp³-hybridized carbons (Fsp3) is 0.656. The van der Waals surface area contributed by atoms with Gasteiger partial charge in [0.05, 0.1) is 11.5 Å². The Labute approximate surface area is 261 Å². The minimum Gasteiger partial charge on any atom is -0.490 e. The summed E-state index contributed by atoms with van der Waals surface area (Å²) in [5, 5.41) is 15.5. The van der Waals surface area contributed by atoms with Crippen molar-refractivity contribution in [3.63, 3.8) is 0 Å². The summed E-state index contributed by atoms with van der Waals surface area (Å²) >= 11 is 2.21. The molecule has 5 atom stereocenters. The van der Waals surface area contributed by atoms with E-state index in [-0.39, 0.29) is 41.6 Å². The number of hydrogen-bond acceptors (Lipinski definition) is 6. The smallest absolute Gasteiger partial charge is 0.310 e. The zero-order valence-corrected chi connectivity index (χ0v) is 26.9. The molecule has 230 valence electrons. The maximum absolute atomic E-state index is 14.2. The maximum atomic E-state index is 14.2. The van der Waals surface area contributed by atoms with Crippen LogP contribution in [0.5, 0.6) is 5.75 Å². The highest BCUT2D eigenvalue weighted by atomic mass is 127. The maximum Gasteiger partial charge on any atom is 0.310 e. The Balaban J connectivity index is 1.54. The SMILES string of the molecule is CC(=O)N[C@H](C(=O)N[C@H](C(=O)C1C[C@H](Oc2ccc(I)cc2)C[C@H]1C(=O)CC1(C(=O)O)CC1)C(C)C)C1CCCCC1. The summed E-state index contributed by atoms with van der Waals surface area (Å²) < 4.78 is 7.26. The first kappa shape index (κ1) is 32.4. The fourth-order valence-corrected chi connectivity index (χ4v) is 7.03. The molecule has 3 aliphatic carbocycles. The van der Waals surface area contributed by atoms with E-state index in [1.165, 1.54) is 6.92 Å². The molecule has 0 aromatic heterocycles. The zero-order chi connectivity index (χ0) is 30.6. The molecule has 3 fully saturated rings. The third-order valence-corrected chi connectivity index (χ3v) is 9.99. The number of carboxylic acid groups (broad SMARTS) is 1. The summed E-state index contributed by atoms with van der Waals surface area (Å²) in [7, 11) is 0. The van der Waals surface area contributed by atoms with Gasteiger partial charge in [-0.2, -0.15) is 0 Å². The lowest BCUT2D eigenvalue weighted by Crippen LogP contribution is -2.56. The standard InChI is InChI=1S/C32H43IN2O7/c1-18(2)27(35-30(39)28(34-19(3)36)20-7-5-4-6-8-20)29(38)25-16-23(42-22-11-9-21(33)10-12-22)15-24(25)26(37)17-32(13-14-32)31(40)41/h9-12,18,20,23-25,27-28H,4-8,13-17H2,1-3H3,(H,34,36)(H,35,39)(H,40,41)/t23-,24-,25?,27+,28+/m1/s1. The molecule has 0 saturated heterocycles. The highest BCUT2D eigenvalue weighted by Crippen LogP contribution is 2.51. The van der Waals surface area contributed by atoms with Crippen molar-refractivity contribution in [2.45, 2.75) is 103 Å². The summed E-state index contributed by atoms with van der Waals surface area (Å²) in [6, 6.07) is 5.96. The van der Waals surface area contributed by atoms with Gasteiger partial charge in [-0.15, -0.1) is 0 Å². The number of hydrogen-bond donors (Lipinski definition) is 3. The van der Waals surface area contributed by atoms with Crippen LogP contribution in [0.15, 0.2) is 24.3 Å². The summed E-state index contributed by atoms with van der Waals surface area (Å²) in [5.41, 5.74) is -1.03. The molecular formula is C32H43IN2O7. The number of carbonyl (C=O) groups excluding carboxylic acids is 4. The van der Waals surface area contributed by atoms with Crippen LogP contribution in [0.25, 0.3) is 0 Å². The van der Waals surface area contributed by atoms with Crippen LogP contribution in [0.4, 0.5) is 0 Å². The van der Waals surface area contributed by atoms with Crippen LogP contribution in [-0.2, 0) is 24.0 Å². The lowest BCUT2D eigenvalue weighted by Gasteiger charge is -2.32. The van der Waals surface area contributed by atoms with Gasteiger partial charge in [-0.3, -0.25) is 24.0 Å². The van der Waals surface area contributed by atoms with E-state index in [1.54, 1.807) is 0 Å². The van der Waals surface area contributed by atoms with Crippen LogP contribution in [0.1, 0.15) is 85.0 Å². The zero-order valence-electron chi connectivity index (χ0n) is 24.7. The Morgan fingerprint density at radius 1 is 0.976 bits per heavy atom. The quantitative estimate of drug-likeness (QED) is 0.255. The molecule has 1 aromatic rings. The molecule has 3 N–H and O–H groups in total. The number of ether oxygens (including phenoxy) is 1. The van der Waals surface area contributed by atoms with Crippen LogP contribution in [-0.4, -0.2) is 52.6 Å². The second kappa shape index (κ2) is 13.9. The van der Waals surface area contributed by atoms with Crippen LogP contribution >= 0.6 is 22.6 Å². The van der Waals surface area contributed by atoms with Gasteiger partial charge in [0.25, 0.3) is 0 Å². The van der Waals surface area contributed by atoms with E-state index in [0.29, 0.717) is 31.4 Å². The van der Waals surface area contributed by atoms with Crippen molar-refractivity contribution in [2.75, 3.05) is 0 Å². The predicted octanol–water partition coefficient (Wildman–Crippen LogP) is 4.68. The van der Waals surface area contributed by atoms with E-state index in [1.807, 2.05) is 38.1 Å². The number of halogens is 1. The van der Waals surface area contributed by atoms with Crippen LogP contribution in [0, 0.1) is 32.7 Å². The first-order valence-electron chi connectivity index (χ1n) is 15.2. The summed E-state index contributed by atoms with van der Waals surface area (Å²) in [6.07, 6.45) is 5.79. The Hall–Kier alpha value is -2.50. The van der Waals surface area contributed by atoms with Gasteiger partial charge in [0.1, 0.15) is 23.7 Å². The molecule has 3 aliphatic rings. The topological polar surface area (TPSA) is 139 Å². The van der Waals surface area contributed by atoms with Crippen molar-refractivity contribution >= 4 is 51.9 Å². The van der Waals surface area contributed by atoms with Gasteiger partial charge in [-0.25, -0.2) is 0 Å². The van der Waals surface area contributed by atoms with Crippen LogP contribution in [0.3, 0.4) is 0 Å². The molecule has 0 radical (unpaired) electrons. The van der Waals surface area contributed by atoms with Gasteiger partial charge in [-0.1, -0.05) is 33.1 Å². The molecule has 1 unspecified atom stereocenters. The summed E-state index contributed by atoms with van der Waals surface area (Å²) in [6.45, 7) is 5.10. The predicted molar refractivity (Wildman–Crippen MR) is 165 cm³/mol. The number of Topliss-reactive ketones (excluding diaryl/α,β-unsaturated/α-hetero) is 2. The van der Waals surface area contributed by atoms with E-state index in [2.05, 4.69) is 33.2 Å². The Bertz CT molecular complexity index is 1170. The van der Waals surface area contributed by atoms with E-state index < -0.39 is 41.4 Å². The van der Waals surface area contributed by atoms with E-state index in [9.17, 15) is 29.1 Å². The van der Waals surface area contributed by atoms with E-state index >= 15 is 0 Å². The van der Waals surface area contributed by atoms with E-state index in [4.69, 9.17) is 4.74 Å².